The van der Waals surface area contributed by atoms with Crippen molar-refractivity contribution in [3.63, 3.8) is 0 Å². The summed E-state index contributed by atoms with van der Waals surface area (Å²) in [5.41, 5.74) is 0. The van der Waals surface area contributed by atoms with Gasteiger partial charge in [-0.25, -0.2) is 0 Å². The van der Waals surface area contributed by atoms with E-state index in [4.69, 9.17) is 28.1 Å². The van der Waals surface area contributed by atoms with Crippen molar-refractivity contribution in [2.24, 2.45) is 0 Å². The van der Waals surface area contributed by atoms with Crippen molar-refractivity contribution in [1.29, 1.82) is 0 Å². The molecule has 0 aliphatic rings. The van der Waals surface area contributed by atoms with Crippen LogP contribution in [0, 0.1) is 0 Å². The van der Waals surface area contributed by atoms with Crippen molar-refractivity contribution >= 4 is 18.3 Å². The Bertz CT molecular complexity index is 76.6. The molecule has 0 fully saturated rings. The Kier molecular flexibility index (Phi) is 60.4. The number of hydrogen-bond donors (Lipinski definition) is 0. The molecule has 0 atom stereocenters. The van der Waals surface area contributed by atoms with Crippen molar-refractivity contribution < 1.29 is 85.3 Å². The van der Waals surface area contributed by atoms with E-state index in [2.05, 4.69) is 0 Å². The predicted octanol–water partition coefficient (Wildman–Crippen LogP) is -11.7. The van der Waals surface area contributed by atoms with Crippen LogP contribution in [0.5, 0.6) is 0 Å². The molecule has 0 aromatic rings. The molecule has 0 spiro atoms. The molecule has 0 aromatic carbocycles. The molecule has 0 aromatic heterocycles. The monoisotopic (exact) mass is 230 g/mol. The molecule has 0 aliphatic heterocycles. The minimum Gasteiger partial charge on any atom is -0.672 e. The van der Waals surface area contributed by atoms with Gasteiger partial charge in [-0.15, -0.1) is 0 Å². The van der Waals surface area contributed by atoms with E-state index in [1.165, 1.54) is 0 Å². The van der Waals surface area contributed by atoms with Gasteiger partial charge in [0, 0.05) is 18.3 Å². The van der Waals surface area contributed by atoms with Gasteiger partial charge in [0.05, 0.1) is 0 Å². The van der Waals surface area contributed by atoms with Crippen LogP contribution < -0.4 is 56.9 Å². The average Bonchev–Trinajstić information content (AvgIpc) is 1.25. The second kappa shape index (κ2) is 22.5. The Balaban J connectivity index is -0.0000000171. The van der Waals surface area contributed by atoms with Gasteiger partial charge in [-0.05, 0) is 0 Å². The molecule has 0 amide bonds. The van der Waals surface area contributed by atoms with Crippen LogP contribution in [0.3, 0.4) is 0 Å². The van der Waals surface area contributed by atoms with Gasteiger partial charge >= 0.3 is 57.2 Å². The standard InChI is InChI=1S/2Li.2O3Si.Zn/c;;2*1-4(2)3;/q2*+1;2*-2;+2. The van der Waals surface area contributed by atoms with Gasteiger partial charge in [-0.3, -0.25) is 0 Å². The van der Waals surface area contributed by atoms with E-state index in [1.807, 2.05) is 0 Å². The Morgan fingerprint density at radius 1 is 0.727 bits per heavy atom. The van der Waals surface area contributed by atoms with E-state index >= 15 is 0 Å². The first-order valence-electron chi connectivity index (χ1n) is 1.22. The second-order valence-corrected chi connectivity index (χ2v) is 1.50. The van der Waals surface area contributed by atoms with E-state index in [0.717, 1.165) is 0 Å². The molecule has 0 bridgehead atoms. The molecule has 0 saturated heterocycles. The summed E-state index contributed by atoms with van der Waals surface area (Å²) in [6, 6.07) is 0. The molecule has 0 saturated carbocycles. The first kappa shape index (κ1) is 29.6. The van der Waals surface area contributed by atoms with Crippen molar-refractivity contribution in [2.75, 3.05) is 0 Å². The van der Waals surface area contributed by atoms with Gasteiger partial charge in [0.25, 0.3) is 0 Å². The van der Waals surface area contributed by atoms with E-state index in [0.29, 0.717) is 0 Å². The third-order valence-electron chi connectivity index (χ3n) is 0. The Morgan fingerprint density at radius 3 is 0.727 bits per heavy atom. The third-order valence-corrected chi connectivity index (χ3v) is 0. The van der Waals surface area contributed by atoms with Gasteiger partial charge in [0.1, 0.15) is 0 Å². The van der Waals surface area contributed by atoms with Crippen LogP contribution in [0.4, 0.5) is 0 Å². The average molecular weight is 231 g/mol. The summed E-state index contributed by atoms with van der Waals surface area (Å²) < 4.78 is 17.0. The fraction of sp³-hybridized carbons (Fsp3) is 0. The largest absolute Gasteiger partial charge is 2.00 e. The Labute approximate surface area is 103 Å². The first-order chi connectivity index (χ1) is 3.46. The molecule has 0 aliphatic carbocycles. The second-order valence-electron chi connectivity index (χ2n) is 0.500. The number of rotatable bonds is 0. The summed E-state index contributed by atoms with van der Waals surface area (Å²) in [6.07, 6.45) is 0. The van der Waals surface area contributed by atoms with Gasteiger partial charge in [-0.1, -0.05) is 0 Å². The van der Waals surface area contributed by atoms with Gasteiger partial charge in [-0.2, -0.15) is 0 Å². The van der Waals surface area contributed by atoms with Crippen LogP contribution >= 0.6 is 0 Å². The maximum absolute atomic E-state index is 8.52. The molecule has 11 heavy (non-hydrogen) atoms. The Hall–Kier alpha value is 1.05. The van der Waals surface area contributed by atoms with Crippen molar-refractivity contribution in [3.05, 3.63) is 0 Å². The molecular weight excluding hydrogens is 231 g/mol. The van der Waals surface area contributed by atoms with Crippen LogP contribution in [0.25, 0.3) is 0 Å². The minimum absolute atomic E-state index is 0. The predicted molar refractivity (Wildman–Crippen MR) is 12.9 cm³/mol. The third kappa shape index (κ3) is 818. The molecular formula is Li2O6Si2Zn. The van der Waals surface area contributed by atoms with Crippen molar-refractivity contribution in [3.8, 4) is 0 Å². The molecule has 0 radical (unpaired) electrons. The van der Waals surface area contributed by atoms with Crippen LogP contribution in [-0.4, -0.2) is 18.3 Å². The summed E-state index contributed by atoms with van der Waals surface area (Å²) in [5.74, 6) is 0. The topological polar surface area (TPSA) is 126 Å². The summed E-state index contributed by atoms with van der Waals surface area (Å²) in [7, 11) is -7.26. The van der Waals surface area contributed by atoms with Crippen LogP contribution in [0.2, 0.25) is 0 Å². The normalized spacial score (nSPS) is 4.36. The SMILES string of the molecule is O=[Si]([O-])[O-].O=[Si]([O-])[O-].[Li+].[Li+].[Zn+2]. The number of hydrogen-bond acceptors (Lipinski definition) is 6. The van der Waals surface area contributed by atoms with E-state index in [-0.39, 0.29) is 57.2 Å². The molecule has 0 N–H and O–H groups in total. The van der Waals surface area contributed by atoms with Crippen molar-refractivity contribution in [2.45, 2.75) is 0 Å². The minimum atomic E-state index is -3.63. The molecule has 0 rings (SSSR count). The van der Waals surface area contributed by atoms with Crippen LogP contribution in [-0.2, 0) is 28.4 Å². The maximum atomic E-state index is 8.52. The maximum Gasteiger partial charge on any atom is 2.00 e. The smallest absolute Gasteiger partial charge is 0.672 e. The Morgan fingerprint density at radius 2 is 0.727 bits per heavy atom. The van der Waals surface area contributed by atoms with E-state index in [9.17, 15) is 0 Å². The summed E-state index contributed by atoms with van der Waals surface area (Å²) in [6.45, 7) is 0. The molecule has 0 heterocycles. The van der Waals surface area contributed by atoms with E-state index < -0.39 is 18.3 Å². The summed E-state index contributed by atoms with van der Waals surface area (Å²) >= 11 is 0. The first-order valence-corrected chi connectivity index (χ1v) is 3.67. The quantitative estimate of drug-likeness (QED) is 0.381. The van der Waals surface area contributed by atoms with Gasteiger partial charge in [0.15, 0.2) is 0 Å². The summed E-state index contributed by atoms with van der Waals surface area (Å²) in [4.78, 5) is 34.1. The molecule has 48 valence electrons. The van der Waals surface area contributed by atoms with Crippen molar-refractivity contribution in [1.82, 2.24) is 0 Å². The zero-order chi connectivity index (χ0) is 7.15. The van der Waals surface area contributed by atoms with Gasteiger partial charge in [0.2, 0.25) is 0 Å². The molecule has 11 heteroatoms. The molecule has 6 nitrogen and oxygen atoms in total. The van der Waals surface area contributed by atoms with E-state index in [1.54, 1.807) is 0 Å². The van der Waals surface area contributed by atoms with Crippen LogP contribution in [0.1, 0.15) is 0 Å². The van der Waals surface area contributed by atoms with Crippen LogP contribution in [0.15, 0.2) is 0 Å². The fourth-order valence-electron chi connectivity index (χ4n) is 0. The zero-order valence-corrected chi connectivity index (χ0v) is 11.1. The van der Waals surface area contributed by atoms with Gasteiger partial charge < -0.3 is 28.1 Å². The summed E-state index contributed by atoms with van der Waals surface area (Å²) in [5, 5.41) is 0. The zero-order valence-electron chi connectivity index (χ0n) is 6.16. The fourth-order valence-corrected chi connectivity index (χ4v) is 0. The molecule has 0 unspecified atom stereocenters.